The van der Waals surface area contributed by atoms with Gasteiger partial charge in [-0.3, -0.25) is 14.3 Å². The van der Waals surface area contributed by atoms with Crippen molar-refractivity contribution in [2.75, 3.05) is 0 Å². The number of carbonyl (C=O) groups is 1. The number of aryl methyl sites for hydroxylation is 1. The maximum absolute atomic E-state index is 12.7. The minimum Gasteiger partial charge on any atom is -0.348 e. The molecule has 6 nitrogen and oxygen atoms in total. The highest BCUT2D eigenvalue weighted by Crippen LogP contribution is 2.21. The molecule has 1 atom stereocenters. The molecular formula is C21H20N4O2. The second kappa shape index (κ2) is 6.72. The van der Waals surface area contributed by atoms with Crippen molar-refractivity contribution >= 4 is 22.5 Å². The van der Waals surface area contributed by atoms with E-state index in [4.69, 9.17) is 0 Å². The quantitative estimate of drug-likeness (QED) is 0.608. The number of hydrogen-bond donors (Lipinski definition) is 1. The first-order valence-electron chi connectivity index (χ1n) is 8.87. The van der Waals surface area contributed by atoms with Crippen molar-refractivity contribution in [2.45, 2.75) is 26.4 Å². The summed E-state index contributed by atoms with van der Waals surface area (Å²) in [6.07, 6.45) is 0. The summed E-state index contributed by atoms with van der Waals surface area (Å²) in [5.41, 5.74) is 2.94. The van der Waals surface area contributed by atoms with Crippen LogP contribution in [-0.4, -0.2) is 20.1 Å². The molecule has 0 radical (unpaired) electrons. The fourth-order valence-electron chi connectivity index (χ4n) is 3.47. The maximum atomic E-state index is 12.7. The molecule has 4 aromatic rings. The number of para-hydroxylation sites is 1. The van der Waals surface area contributed by atoms with Crippen LogP contribution in [0.3, 0.4) is 0 Å². The summed E-state index contributed by atoms with van der Waals surface area (Å²) in [6.45, 7) is 3.94. The van der Waals surface area contributed by atoms with Gasteiger partial charge in [-0.1, -0.05) is 42.5 Å². The fraction of sp³-hybridized carbons (Fsp3) is 0.190. The Morgan fingerprint density at radius 2 is 1.81 bits per heavy atom. The van der Waals surface area contributed by atoms with Crippen LogP contribution < -0.4 is 10.9 Å². The van der Waals surface area contributed by atoms with E-state index in [-0.39, 0.29) is 24.1 Å². The maximum Gasteiger partial charge on any atom is 0.273 e. The monoisotopic (exact) mass is 360 g/mol. The summed E-state index contributed by atoms with van der Waals surface area (Å²) in [7, 11) is 0. The van der Waals surface area contributed by atoms with Gasteiger partial charge in [-0.15, -0.1) is 0 Å². The molecule has 1 N–H and O–H groups in total. The first kappa shape index (κ1) is 17.0. The average molecular weight is 360 g/mol. The Labute approximate surface area is 156 Å². The predicted molar refractivity (Wildman–Crippen MR) is 105 cm³/mol. The average Bonchev–Trinajstić information content (AvgIpc) is 2.96. The van der Waals surface area contributed by atoms with E-state index < -0.39 is 0 Å². The van der Waals surface area contributed by atoms with Crippen molar-refractivity contribution in [2.24, 2.45) is 0 Å². The lowest BCUT2D eigenvalue weighted by molar-refractivity contribution is -0.122. The third-order valence-corrected chi connectivity index (χ3v) is 4.72. The van der Waals surface area contributed by atoms with Gasteiger partial charge in [0.1, 0.15) is 6.54 Å². The highest BCUT2D eigenvalue weighted by atomic mass is 16.2. The molecule has 4 rings (SSSR count). The topological polar surface area (TPSA) is 68.4 Å². The molecule has 1 unspecified atom stereocenters. The first-order chi connectivity index (χ1) is 13.0. The number of hydrogen-bond acceptors (Lipinski definition) is 3. The number of aromatic nitrogens is 3. The molecule has 2 aromatic heterocycles. The van der Waals surface area contributed by atoms with E-state index in [1.165, 1.54) is 6.07 Å². The van der Waals surface area contributed by atoms with Gasteiger partial charge in [-0.05, 0) is 31.5 Å². The predicted octanol–water partition coefficient (Wildman–Crippen LogP) is 2.84. The summed E-state index contributed by atoms with van der Waals surface area (Å²) in [5.74, 6) is -0.105. The molecule has 0 aliphatic rings. The van der Waals surface area contributed by atoms with Crippen LogP contribution in [0.1, 0.15) is 24.2 Å². The third kappa shape index (κ3) is 3.10. The third-order valence-electron chi connectivity index (χ3n) is 4.72. The molecule has 0 aliphatic heterocycles. The van der Waals surface area contributed by atoms with Crippen molar-refractivity contribution in [3.63, 3.8) is 0 Å². The minimum absolute atomic E-state index is 0.0933. The molecule has 0 bridgehead atoms. The summed E-state index contributed by atoms with van der Waals surface area (Å²) in [5, 5.41) is 3.89. The van der Waals surface area contributed by atoms with Crippen LogP contribution >= 0.6 is 0 Å². The van der Waals surface area contributed by atoms with Crippen molar-refractivity contribution in [1.29, 1.82) is 0 Å². The van der Waals surface area contributed by atoms with Gasteiger partial charge in [0.15, 0.2) is 5.65 Å². The molecule has 27 heavy (non-hydrogen) atoms. The van der Waals surface area contributed by atoms with Crippen LogP contribution in [0.5, 0.6) is 0 Å². The van der Waals surface area contributed by atoms with E-state index in [2.05, 4.69) is 10.3 Å². The Bertz CT molecular complexity index is 1190. The van der Waals surface area contributed by atoms with Gasteiger partial charge in [-0.25, -0.2) is 4.52 Å². The van der Waals surface area contributed by atoms with Gasteiger partial charge in [0.25, 0.3) is 5.56 Å². The number of nitrogens with one attached hydrogen (secondary N) is 1. The van der Waals surface area contributed by atoms with Gasteiger partial charge in [0.05, 0.1) is 11.6 Å². The standard InChI is InChI=1S/C21H20N4O2/c1-14-12-19(26)23-21-17-10-6-7-11-18(17)24(25(14)21)13-20(27)22-15(2)16-8-4-3-5-9-16/h3-12,15H,13H2,1-2H3,(H,22,27). The number of rotatable bonds is 4. The normalized spacial score (nSPS) is 12.4. The van der Waals surface area contributed by atoms with Gasteiger partial charge in [0.2, 0.25) is 5.91 Å². The molecule has 0 aliphatic carbocycles. The van der Waals surface area contributed by atoms with Crippen molar-refractivity contribution in [3.05, 3.63) is 82.3 Å². The molecule has 0 saturated heterocycles. The molecule has 0 saturated carbocycles. The highest BCUT2D eigenvalue weighted by Gasteiger charge is 2.16. The van der Waals surface area contributed by atoms with E-state index in [1.54, 1.807) is 0 Å². The Morgan fingerprint density at radius 1 is 1.11 bits per heavy atom. The summed E-state index contributed by atoms with van der Waals surface area (Å²) in [4.78, 5) is 28.8. The first-order valence-corrected chi connectivity index (χ1v) is 8.87. The number of nitrogens with zero attached hydrogens (tertiary/aromatic N) is 3. The van der Waals surface area contributed by atoms with Gasteiger partial charge < -0.3 is 5.32 Å². The SMILES string of the molecule is Cc1cc(=O)nc2c3ccccc3n(CC(=O)NC(C)c3ccccc3)n12. The van der Waals surface area contributed by atoms with Gasteiger partial charge in [0, 0.05) is 17.1 Å². The second-order valence-corrected chi connectivity index (χ2v) is 6.65. The molecule has 136 valence electrons. The smallest absolute Gasteiger partial charge is 0.273 e. The molecule has 1 amide bonds. The lowest BCUT2D eigenvalue weighted by atomic mass is 10.1. The summed E-state index contributed by atoms with van der Waals surface area (Å²) >= 11 is 0. The molecule has 2 aromatic carbocycles. The van der Waals surface area contributed by atoms with E-state index >= 15 is 0 Å². The van der Waals surface area contributed by atoms with E-state index in [0.29, 0.717) is 5.65 Å². The largest absolute Gasteiger partial charge is 0.348 e. The molecular weight excluding hydrogens is 340 g/mol. The number of carbonyl (C=O) groups excluding carboxylic acids is 1. The zero-order valence-corrected chi connectivity index (χ0v) is 15.2. The Balaban J connectivity index is 1.73. The van der Waals surface area contributed by atoms with Crippen molar-refractivity contribution in [1.82, 2.24) is 19.5 Å². The molecule has 2 heterocycles. The van der Waals surface area contributed by atoms with Crippen LogP contribution in [0, 0.1) is 6.92 Å². The Hall–Kier alpha value is -3.41. The molecule has 0 fully saturated rings. The lowest BCUT2D eigenvalue weighted by Crippen LogP contribution is -2.31. The minimum atomic E-state index is -0.280. The summed E-state index contributed by atoms with van der Waals surface area (Å²) in [6, 6.07) is 18.9. The van der Waals surface area contributed by atoms with Crippen LogP contribution in [0.4, 0.5) is 0 Å². The van der Waals surface area contributed by atoms with E-state index in [9.17, 15) is 9.59 Å². The van der Waals surface area contributed by atoms with Crippen LogP contribution in [0.15, 0.2) is 65.5 Å². The summed E-state index contributed by atoms with van der Waals surface area (Å²) < 4.78 is 3.69. The molecule has 0 spiro atoms. The van der Waals surface area contributed by atoms with Crippen LogP contribution in [-0.2, 0) is 11.3 Å². The number of benzene rings is 2. The number of fused-ring (bicyclic) bond motifs is 3. The van der Waals surface area contributed by atoms with E-state index in [1.807, 2.05) is 77.6 Å². The molecule has 6 heteroatoms. The van der Waals surface area contributed by atoms with Crippen LogP contribution in [0.2, 0.25) is 0 Å². The Morgan fingerprint density at radius 3 is 2.59 bits per heavy atom. The van der Waals surface area contributed by atoms with Crippen molar-refractivity contribution in [3.8, 4) is 0 Å². The highest BCUT2D eigenvalue weighted by molar-refractivity contribution is 5.93. The Kier molecular flexibility index (Phi) is 4.24. The lowest BCUT2D eigenvalue weighted by Gasteiger charge is -2.16. The van der Waals surface area contributed by atoms with E-state index in [0.717, 1.165) is 22.2 Å². The van der Waals surface area contributed by atoms with Crippen LogP contribution in [0.25, 0.3) is 16.6 Å². The number of amides is 1. The zero-order valence-electron chi connectivity index (χ0n) is 15.2. The van der Waals surface area contributed by atoms with Gasteiger partial charge in [-0.2, -0.15) is 4.98 Å². The zero-order chi connectivity index (χ0) is 19.0. The second-order valence-electron chi connectivity index (χ2n) is 6.65. The van der Waals surface area contributed by atoms with Gasteiger partial charge >= 0.3 is 0 Å². The van der Waals surface area contributed by atoms with Crippen molar-refractivity contribution < 1.29 is 4.79 Å². The fourth-order valence-corrected chi connectivity index (χ4v) is 3.47.